The van der Waals surface area contributed by atoms with Crippen LogP contribution < -0.4 is 25.0 Å². The van der Waals surface area contributed by atoms with Crippen LogP contribution in [0.5, 0.6) is 11.5 Å². The van der Waals surface area contributed by atoms with Gasteiger partial charge in [-0.3, -0.25) is 20.4 Å². The smallest absolute Gasteiger partial charge is 0.272 e. The molecule has 0 bridgehead atoms. The predicted molar refractivity (Wildman–Crippen MR) is 181 cm³/mol. The summed E-state index contributed by atoms with van der Waals surface area (Å²) in [5, 5.41) is 1.06. The maximum absolute atomic E-state index is 14.3. The van der Waals surface area contributed by atoms with E-state index in [1.54, 1.807) is 48.5 Å². The van der Waals surface area contributed by atoms with E-state index in [0.29, 0.717) is 28.0 Å². The number of nitrogens with zero attached hydrogens (tertiary/aromatic N) is 1. The topological polar surface area (TPSA) is 145 Å². The molecule has 11 nitrogen and oxygen atoms in total. The van der Waals surface area contributed by atoms with Gasteiger partial charge in [0.15, 0.2) is 0 Å². The lowest BCUT2D eigenvalue weighted by atomic mass is 10.0. The van der Waals surface area contributed by atoms with Gasteiger partial charge in [0.25, 0.3) is 26.0 Å². The highest BCUT2D eigenvalue weighted by molar-refractivity contribution is 7.92. The van der Waals surface area contributed by atoms with E-state index in [9.17, 15) is 21.6 Å². The largest absolute Gasteiger partial charge is 0.497 e. The summed E-state index contributed by atoms with van der Waals surface area (Å²) < 4.78 is 70.0. The number of sulfonamides is 1. The predicted octanol–water partition coefficient (Wildman–Crippen LogP) is 5.91. The van der Waals surface area contributed by atoms with Crippen LogP contribution in [0.25, 0.3) is 21.7 Å². The lowest BCUT2D eigenvalue weighted by Gasteiger charge is -2.15. The molecule has 0 saturated carbocycles. The Bertz CT molecular complexity index is 2340. The number of carbonyl (C=O) groups is 1. The number of amides is 1. The number of hydrogen-bond donors (Lipinski definition) is 3. The molecule has 0 fully saturated rings. The summed E-state index contributed by atoms with van der Waals surface area (Å²) in [6.07, 6.45) is 0. The monoisotopic (exact) mass is 670 g/mol. The average molecular weight is 671 g/mol. The molecule has 1 heterocycles. The summed E-state index contributed by atoms with van der Waals surface area (Å²) in [5.74, 6) is 0.342. The van der Waals surface area contributed by atoms with Gasteiger partial charge in [-0.1, -0.05) is 42.5 Å². The van der Waals surface area contributed by atoms with Crippen molar-refractivity contribution in [2.45, 2.75) is 16.7 Å². The molecular weight excluding hydrogens is 641 g/mol. The average Bonchev–Trinajstić information content (AvgIpc) is 3.40. The third-order valence-electron chi connectivity index (χ3n) is 7.69. The molecule has 0 radical (unpaired) electrons. The molecule has 0 spiro atoms. The van der Waals surface area contributed by atoms with Crippen LogP contribution in [0.4, 0.5) is 11.4 Å². The van der Waals surface area contributed by atoms with Crippen molar-refractivity contribution in [3.8, 4) is 11.5 Å². The van der Waals surface area contributed by atoms with E-state index in [1.807, 2.05) is 6.07 Å². The van der Waals surface area contributed by atoms with Crippen LogP contribution in [0, 0.1) is 6.92 Å². The van der Waals surface area contributed by atoms with Crippen LogP contribution in [-0.4, -0.2) is 40.9 Å². The van der Waals surface area contributed by atoms with Crippen LogP contribution >= 0.6 is 0 Å². The van der Waals surface area contributed by atoms with Gasteiger partial charge < -0.3 is 9.47 Å². The zero-order valence-electron chi connectivity index (χ0n) is 25.5. The van der Waals surface area contributed by atoms with Crippen molar-refractivity contribution in [2.24, 2.45) is 0 Å². The SMILES string of the molecule is COc1ccc(S(=O)(=O)Nc2cc3c(C(=O)NNc4ccccc4)c(C)n(S(=O)(=O)c4ccc(OC)cc4)c3c3ccccc23)cc1. The molecule has 0 aliphatic heterocycles. The summed E-state index contributed by atoms with van der Waals surface area (Å²) in [4.78, 5) is 13.8. The highest BCUT2D eigenvalue weighted by Gasteiger charge is 2.30. The molecule has 13 heteroatoms. The first-order chi connectivity index (χ1) is 22.5. The third kappa shape index (κ3) is 5.82. The number of para-hydroxylation sites is 1. The van der Waals surface area contributed by atoms with E-state index >= 15 is 0 Å². The van der Waals surface area contributed by atoms with E-state index in [2.05, 4.69) is 15.6 Å². The zero-order valence-corrected chi connectivity index (χ0v) is 27.1. The second-order valence-corrected chi connectivity index (χ2v) is 14.0. The van der Waals surface area contributed by atoms with Gasteiger partial charge in [0.05, 0.1) is 46.5 Å². The van der Waals surface area contributed by atoms with E-state index in [1.165, 1.54) is 75.7 Å². The fraction of sp³-hybridized carbons (Fsp3) is 0.0882. The molecule has 47 heavy (non-hydrogen) atoms. The van der Waals surface area contributed by atoms with Gasteiger partial charge >= 0.3 is 0 Å². The zero-order chi connectivity index (χ0) is 33.3. The van der Waals surface area contributed by atoms with Crippen molar-refractivity contribution in [3.63, 3.8) is 0 Å². The number of hydrazine groups is 1. The Morgan fingerprint density at radius 2 is 1.23 bits per heavy atom. The van der Waals surface area contributed by atoms with Gasteiger partial charge in [-0.2, -0.15) is 0 Å². The number of nitrogens with one attached hydrogen (secondary N) is 3. The second-order valence-electron chi connectivity index (χ2n) is 10.5. The molecular formula is C34H30N4O7S2. The lowest BCUT2D eigenvalue weighted by Crippen LogP contribution is -2.30. The van der Waals surface area contributed by atoms with E-state index in [4.69, 9.17) is 9.47 Å². The first-order valence-corrected chi connectivity index (χ1v) is 17.2. The van der Waals surface area contributed by atoms with E-state index in [-0.39, 0.29) is 37.6 Å². The van der Waals surface area contributed by atoms with Gasteiger partial charge in [-0.05, 0) is 73.7 Å². The fourth-order valence-corrected chi connectivity index (χ4v) is 8.08. The Balaban J connectivity index is 1.58. The van der Waals surface area contributed by atoms with Gasteiger partial charge in [-0.15, -0.1) is 0 Å². The van der Waals surface area contributed by atoms with Gasteiger partial charge in [0.2, 0.25) is 0 Å². The number of hydrogen-bond acceptors (Lipinski definition) is 8. The minimum Gasteiger partial charge on any atom is -0.497 e. The van der Waals surface area contributed by atoms with Gasteiger partial charge in [-0.25, -0.2) is 20.8 Å². The number of methoxy groups -OCH3 is 2. The summed E-state index contributed by atoms with van der Waals surface area (Å²) in [7, 11) is -5.43. The first-order valence-electron chi connectivity index (χ1n) is 14.3. The molecule has 6 aromatic rings. The van der Waals surface area contributed by atoms with E-state index < -0.39 is 26.0 Å². The number of aromatic nitrogens is 1. The summed E-state index contributed by atoms with van der Waals surface area (Å²) in [5.41, 5.74) is 6.65. The van der Waals surface area contributed by atoms with Crippen LogP contribution in [0.1, 0.15) is 16.1 Å². The Hall–Kier alpha value is -5.53. The molecule has 6 rings (SSSR count). The highest BCUT2D eigenvalue weighted by Crippen LogP contribution is 2.39. The Kier molecular flexibility index (Phi) is 8.26. The lowest BCUT2D eigenvalue weighted by molar-refractivity contribution is 0.0963. The normalized spacial score (nSPS) is 11.7. The molecule has 0 unspecified atom stereocenters. The molecule has 240 valence electrons. The number of ether oxygens (including phenoxy) is 2. The molecule has 0 saturated heterocycles. The maximum Gasteiger partial charge on any atom is 0.272 e. The molecule has 5 aromatic carbocycles. The molecule has 0 aliphatic rings. The van der Waals surface area contributed by atoms with Crippen molar-refractivity contribution < 1.29 is 31.1 Å². The highest BCUT2D eigenvalue weighted by atomic mass is 32.2. The number of carbonyl (C=O) groups excluding carboxylic acids is 1. The van der Waals surface area contributed by atoms with Gasteiger partial charge in [0, 0.05) is 21.9 Å². The van der Waals surface area contributed by atoms with Gasteiger partial charge in [0.1, 0.15) is 11.5 Å². The number of benzene rings is 5. The molecule has 3 N–H and O–H groups in total. The molecule has 0 aliphatic carbocycles. The maximum atomic E-state index is 14.3. The van der Waals surface area contributed by atoms with Crippen molar-refractivity contribution in [1.29, 1.82) is 0 Å². The molecule has 0 atom stereocenters. The van der Waals surface area contributed by atoms with E-state index in [0.717, 1.165) is 3.97 Å². The van der Waals surface area contributed by atoms with Crippen molar-refractivity contribution >= 4 is 59.0 Å². The third-order valence-corrected chi connectivity index (χ3v) is 10.9. The number of fused-ring (bicyclic) bond motifs is 3. The quantitative estimate of drug-likeness (QED) is 0.153. The molecule has 1 aromatic heterocycles. The second kappa shape index (κ2) is 12.3. The standard InChI is InChI=1S/C34H30N4O7S2/c1-22-32(34(39)36-35-23-9-5-4-6-10-23)30-21-31(37-46(40,41)26-17-13-24(44-2)14-18-26)28-11-7-8-12-29(28)33(30)38(22)47(42,43)27-19-15-25(45-3)16-20-27/h4-21,35,37H,1-3H3,(H,36,39). The van der Waals surface area contributed by atoms with Crippen molar-refractivity contribution in [2.75, 3.05) is 24.4 Å². The van der Waals surface area contributed by atoms with Crippen LogP contribution in [0.15, 0.2) is 119 Å². The summed E-state index contributed by atoms with van der Waals surface area (Å²) in [6.45, 7) is 1.54. The van der Waals surface area contributed by atoms with Crippen molar-refractivity contribution in [1.82, 2.24) is 9.40 Å². The Morgan fingerprint density at radius 1 is 0.681 bits per heavy atom. The number of anilines is 2. The molecule has 1 amide bonds. The fourth-order valence-electron chi connectivity index (χ4n) is 5.43. The van der Waals surface area contributed by atoms with Crippen LogP contribution in [0.2, 0.25) is 0 Å². The Labute approximate surface area is 271 Å². The number of rotatable bonds is 10. The first kappa shape index (κ1) is 31.5. The Morgan fingerprint density at radius 3 is 1.83 bits per heavy atom. The summed E-state index contributed by atoms with van der Waals surface area (Å²) >= 11 is 0. The minimum absolute atomic E-state index is 0.0108. The minimum atomic E-state index is -4.28. The van der Waals surface area contributed by atoms with Crippen LogP contribution in [0.3, 0.4) is 0 Å². The van der Waals surface area contributed by atoms with Crippen molar-refractivity contribution in [3.05, 3.63) is 120 Å². The van der Waals surface area contributed by atoms with Crippen LogP contribution in [-0.2, 0) is 20.0 Å². The summed E-state index contributed by atoms with van der Waals surface area (Å²) in [6, 6.07) is 29.0.